The number of hydrogen-bond acceptors (Lipinski definition) is 3. The van der Waals surface area contributed by atoms with E-state index in [1.165, 1.54) is 18.5 Å². The lowest BCUT2D eigenvalue weighted by Crippen LogP contribution is -2.42. The lowest BCUT2D eigenvalue weighted by Gasteiger charge is -2.44. The second kappa shape index (κ2) is 7.85. The Morgan fingerprint density at radius 1 is 1.14 bits per heavy atom. The van der Waals surface area contributed by atoms with Crippen LogP contribution >= 0.6 is 0 Å². The van der Waals surface area contributed by atoms with E-state index >= 15 is 0 Å². The Bertz CT molecular complexity index is 851. The van der Waals surface area contributed by atoms with Gasteiger partial charge in [-0.1, -0.05) is 31.2 Å². The number of hydrogen-bond donors (Lipinski definition) is 1. The Morgan fingerprint density at radius 2 is 2.07 bits per heavy atom. The van der Waals surface area contributed by atoms with Gasteiger partial charge in [0.1, 0.15) is 0 Å². The van der Waals surface area contributed by atoms with Gasteiger partial charge in [0.2, 0.25) is 0 Å². The SMILES string of the molecule is CCC1c2c(cccc2[C@@H]2CCO[C@]3(CCC[C@@H]3c3ccccn3)C2)CCC1N. The molecule has 2 N–H and O–H groups in total. The van der Waals surface area contributed by atoms with E-state index in [4.69, 9.17) is 15.5 Å². The smallest absolute Gasteiger partial charge is 0.0771 e. The molecule has 154 valence electrons. The molecule has 3 heteroatoms. The Morgan fingerprint density at radius 3 is 2.90 bits per heavy atom. The van der Waals surface area contributed by atoms with Crippen molar-refractivity contribution in [3.05, 3.63) is 65.0 Å². The van der Waals surface area contributed by atoms with Gasteiger partial charge in [-0.3, -0.25) is 4.98 Å². The van der Waals surface area contributed by atoms with Gasteiger partial charge in [0.25, 0.3) is 0 Å². The minimum atomic E-state index is -0.0432. The molecule has 0 bridgehead atoms. The third-order valence-electron chi connectivity index (χ3n) is 7.96. The first-order valence-corrected chi connectivity index (χ1v) is 11.6. The van der Waals surface area contributed by atoms with Crippen LogP contribution in [-0.2, 0) is 11.2 Å². The molecule has 0 radical (unpaired) electrons. The van der Waals surface area contributed by atoms with E-state index in [0.717, 1.165) is 45.1 Å². The van der Waals surface area contributed by atoms with Gasteiger partial charge in [-0.25, -0.2) is 0 Å². The summed E-state index contributed by atoms with van der Waals surface area (Å²) in [6.45, 7) is 3.16. The topological polar surface area (TPSA) is 48.1 Å². The molecule has 1 aromatic heterocycles. The molecular formula is C26H34N2O. The summed E-state index contributed by atoms with van der Waals surface area (Å²) in [7, 11) is 0. The number of aromatic nitrogens is 1. The number of nitrogens with two attached hydrogens (primary N) is 1. The van der Waals surface area contributed by atoms with Gasteiger partial charge in [-0.15, -0.1) is 0 Å². The quantitative estimate of drug-likeness (QED) is 0.758. The minimum absolute atomic E-state index is 0.0432. The number of fused-ring (bicyclic) bond motifs is 1. The number of nitrogens with zero attached hydrogens (tertiary/aromatic N) is 1. The van der Waals surface area contributed by atoms with Crippen LogP contribution in [0.2, 0.25) is 0 Å². The van der Waals surface area contributed by atoms with Crippen LogP contribution in [0.3, 0.4) is 0 Å². The molecule has 0 amide bonds. The maximum Gasteiger partial charge on any atom is 0.0771 e. The van der Waals surface area contributed by atoms with Crippen molar-refractivity contribution in [2.24, 2.45) is 5.73 Å². The fraction of sp³-hybridized carbons (Fsp3) is 0.577. The van der Waals surface area contributed by atoms with Gasteiger partial charge in [0.15, 0.2) is 0 Å². The van der Waals surface area contributed by atoms with E-state index in [1.54, 1.807) is 16.7 Å². The minimum Gasteiger partial charge on any atom is -0.374 e. The number of rotatable bonds is 3. The van der Waals surface area contributed by atoms with E-state index < -0.39 is 0 Å². The van der Waals surface area contributed by atoms with Crippen LogP contribution in [0.15, 0.2) is 42.6 Å². The second-order valence-electron chi connectivity index (χ2n) is 9.44. The largest absolute Gasteiger partial charge is 0.374 e. The van der Waals surface area contributed by atoms with Crippen molar-refractivity contribution in [3.63, 3.8) is 0 Å². The predicted octanol–water partition coefficient (Wildman–Crippen LogP) is 5.45. The summed E-state index contributed by atoms with van der Waals surface area (Å²) in [5.41, 5.74) is 12.5. The molecule has 3 aliphatic rings. The van der Waals surface area contributed by atoms with E-state index in [0.29, 0.717) is 23.8 Å². The molecular weight excluding hydrogens is 356 g/mol. The van der Waals surface area contributed by atoms with Crippen molar-refractivity contribution in [1.82, 2.24) is 4.98 Å². The summed E-state index contributed by atoms with van der Waals surface area (Å²) in [5, 5.41) is 0. The molecule has 1 saturated heterocycles. The zero-order valence-electron chi connectivity index (χ0n) is 17.6. The highest BCUT2D eigenvalue weighted by molar-refractivity contribution is 5.43. The zero-order valence-corrected chi connectivity index (χ0v) is 17.6. The second-order valence-corrected chi connectivity index (χ2v) is 9.44. The summed E-state index contributed by atoms with van der Waals surface area (Å²) in [6, 6.07) is 13.7. The first-order valence-electron chi connectivity index (χ1n) is 11.6. The molecule has 2 heterocycles. The molecule has 2 fully saturated rings. The molecule has 2 unspecified atom stereocenters. The predicted molar refractivity (Wildman–Crippen MR) is 117 cm³/mol. The molecule has 1 spiro atoms. The van der Waals surface area contributed by atoms with Crippen LogP contribution in [0.4, 0.5) is 0 Å². The Kier molecular flexibility index (Phi) is 5.21. The Hall–Kier alpha value is -1.71. The van der Waals surface area contributed by atoms with Crippen LogP contribution < -0.4 is 5.73 Å². The standard InChI is InChI=1S/C26H34N2O/c1-2-20-23(27)12-11-18-7-5-8-21(25(18)20)19-13-16-29-26(17-19)14-6-9-22(26)24-10-3-4-15-28-24/h3-5,7-8,10,15,19-20,22-23H,2,6,9,11-14,16-17,27H2,1H3/t19-,20?,22-,23?,26-/m1/s1. The van der Waals surface area contributed by atoms with Crippen molar-refractivity contribution >= 4 is 0 Å². The van der Waals surface area contributed by atoms with E-state index in [2.05, 4.69) is 37.3 Å². The number of benzene rings is 1. The fourth-order valence-corrected chi connectivity index (χ4v) is 6.61. The summed E-state index contributed by atoms with van der Waals surface area (Å²) < 4.78 is 6.60. The highest BCUT2D eigenvalue weighted by Crippen LogP contribution is 2.53. The molecule has 5 atom stereocenters. The summed E-state index contributed by atoms with van der Waals surface area (Å²) >= 11 is 0. The van der Waals surface area contributed by atoms with Crippen molar-refractivity contribution in [1.29, 1.82) is 0 Å². The summed E-state index contributed by atoms with van der Waals surface area (Å²) in [4.78, 5) is 4.72. The van der Waals surface area contributed by atoms with Crippen LogP contribution in [-0.4, -0.2) is 23.2 Å². The first-order chi connectivity index (χ1) is 14.2. The highest BCUT2D eigenvalue weighted by atomic mass is 16.5. The van der Waals surface area contributed by atoms with Crippen molar-refractivity contribution < 1.29 is 4.74 Å². The monoisotopic (exact) mass is 390 g/mol. The molecule has 1 aliphatic heterocycles. The third kappa shape index (κ3) is 3.33. The highest BCUT2D eigenvalue weighted by Gasteiger charge is 2.49. The van der Waals surface area contributed by atoms with Crippen LogP contribution in [0.25, 0.3) is 0 Å². The molecule has 2 aromatic rings. The number of ether oxygens (including phenoxy) is 1. The summed E-state index contributed by atoms with van der Waals surface area (Å²) in [6.07, 6.45) is 11.2. The van der Waals surface area contributed by atoms with E-state index in [9.17, 15) is 0 Å². The maximum atomic E-state index is 6.60. The summed E-state index contributed by atoms with van der Waals surface area (Å²) in [5.74, 6) is 1.50. The van der Waals surface area contributed by atoms with Gasteiger partial charge in [0.05, 0.1) is 5.60 Å². The Labute approximate surface area is 175 Å². The molecule has 1 saturated carbocycles. The average molecular weight is 391 g/mol. The van der Waals surface area contributed by atoms with Crippen LogP contribution in [0.1, 0.15) is 92.0 Å². The van der Waals surface area contributed by atoms with E-state index in [1.807, 2.05) is 12.3 Å². The van der Waals surface area contributed by atoms with Gasteiger partial charge in [-0.05, 0) is 92.0 Å². The lowest BCUT2D eigenvalue weighted by atomic mass is 9.70. The number of pyridine rings is 1. The molecule has 1 aromatic carbocycles. The average Bonchev–Trinajstić information content (AvgIpc) is 3.16. The van der Waals surface area contributed by atoms with Crippen LogP contribution in [0.5, 0.6) is 0 Å². The zero-order chi connectivity index (χ0) is 19.8. The third-order valence-corrected chi connectivity index (χ3v) is 7.96. The maximum absolute atomic E-state index is 6.60. The normalized spacial score (nSPS) is 34.3. The van der Waals surface area contributed by atoms with Gasteiger partial charge >= 0.3 is 0 Å². The molecule has 2 aliphatic carbocycles. The van der Waals surface area contributed by atoms with E-state index in [-0.39, 0.29) is 5.60 Å². The Balaban J connectivity index is 1.50. The van der Waals surface area contributed by atoms with Gasteiger partial charge in [0, 0.05) is 30.5 Å². The van der Waals surface area contributed by atoms with Gasteiger partial charge < -0.3 is 10.5 Å². The van der Waals surface area contributed by atoms with Crippen molar-refractivity contribution in [2.45, 2.75) is 87.7 Å². The lowest BCUT2D eigenvalue weighted by molar-refractivity contribution is -0.0924. The molecule has 5 rings (SSSR count). The first kappa shape index (κ1) is 19.3. The number of aryl methyl sites for hydroxylation is 1. The van der Waals surface area contributed by atoms with Crippen molar-refractivity contribution in [3.8, 4) is 0 Å². The molecule has 3 nitrogen and oxygen atoms in total. The van der Waals surface area contributed by atoms with Gasteiger partial charge in [-0.2, -0.15) is 0 Å². The van der Waals surface area contributed by atoms with Crippen molar-refractivity contribution in [2.75, 3.05) is 6.61 Å². The fourth-order valence-electron chi connectivity index (χ4n) is 6.61. The van der Waals surface area contributed by atoms with Crippen LogP contribution in [0, 0.1) is 0 Å². The molecule has 29 heavy (non-hydrogen) atoms.